The summed E-state index contributed by atoms with van der Waals surface area (Å²) in [5.41, 5.74) is 7.31. The summed E-state index contributed by atoms with van der Waals surface area (Å²) in [6, 6.07) is 9.26. The van der Waals surface area contributed by atoms with E-state index in [0.717, 1.165) is 5.39 Å². The molecular formula is C21H14BrCl2FN4O2. The van der Waals surface area contributed by atoms with Crippen LogP contribution in [0.25, 0.3) is 10.9 Å². The van der Waals surface area contributed by atoms with Gasteiger partial charge in [0.25, 0.3) is 5.91 Å². The number of carbonyl (C=O) groups is 1. The minimum atomic E-state index is -0.703. The van der Waals surface area contributed by atoms with Gasteiger partial charge in [0.05, 0.1) is 21.2 Å². The first-order valence-electron chi connectivity index (χ1n) is 8.93. The molecule has 158 valence electrons. The number of ether oxygens (including phenoxy) is 1. The molecule has 0 saturated carbocycles. The molecule has 0 aliphatic rings. The Morgan fingerprint density at radius 2 is 2.06 bits per heavy atom. The lowest BCUT2D eigenvalue weighted by Gasteiger charge is -2.13. The molecule has 2 aromatic carbocycles. The fourth-order valence-corrected chi connectivity index (χ4v) is 4.04. The van der Waals surface area contributed by atoms with Gasteiger partial charge in [-0.3, -0.25) is 9.78 Å². The fraction of sp³-hybridized carbons (Fsp3) is 0.0476. The van der Waals surface area contributed by atoms with E-state index in [2.05, 4.69) is 31.2 Å². The van der Waals surface area contributed by atoms with E-state index in [4.69, 9.17) is 33.7 Å². The number of nitrogens with zero attached hydrogens (tertiary/aromatic N) is 1. The number of halogens is 4. The molecule has 1 amide bonds. The van der Waals surface area contributed by atoms with E-state index in [1.165, 1.54) is 30.3 Å². The average Bonchev–Trinajstić information content (AvgIpc) is 3.06. The summed E-state index contributed by atoms with van der Waals surface area (Å²) in [5.74, 6) is -1.07. The van der Waals surface area contributed by atoms with Crippen molar-refractivity contribution in [3.63, 3.8) is 0 Å². The lowest BCUT2D eigenvalue weighted by molar-refractivity contribution is 0.0945. The highest BCUT2D eigenvalue weighted by atomic mass is 79.9. The van der Waals surface area contributed by atoms with E-state index in [-0.39, 0.29) is 28.6 Å². The van der Waals surface area contributed by atoms with Crippen molar-refractivity contribution in [2.75, 3.05) is 5.73 Å². The standard InChI is InChI=1S/C21H14BrCl2FN4O2/c22-17-14-3-4-27-9-16(14)29-19(17)21(30)28-8-10-1-2-15(24)20(18(10)25)31-13-6-11(23)5-12(26)7-13/h1-7,9,29H,8,26H2,(H,28,30). The molecule has 4 N–H and O–H groups in total. The number of anilines is 1. The highest BCUT2D eigenvalue weighted by Crippen LogP contribution is 2.35. The zero-order valence-electron chi connectivity index (χ0n) is 15.7. The van der Waals surface area contributed by atoms with Gasteiger partial charge in [-0.2, -0.15) is 0 Å². The van der Waals surface area contributed by atoms with Crippen molar-refractivity contribution < 1.29 is 13.9 Å². The van der Waals surface area contributed by atoms with Gasteiger partial charge in [0, 0.05) is 40.5 Å². The summed E-state index contributed by atoms with van der Waals surface area (Å²) in [6.45, 7) is -0.0874. The van der Waals surface area contributed by atoms with E-state index in [1.807, 2.05) is 0 Å². The third-order valence-corrected chi connectivity index (χ3v) is 5.79. The summed E-state index contributed by atoms with van der Waals surface area (Å²) in [5, 5.41) is 3.91. The van der Waals surface area contributed by atoms with Crippen LogP contribution < -0.4 is 15.8 Å². The van der Waals surface area contributed by atoms with Crippen LogP contribution in [0.2, 0.25) is 10.0 Å². The second kappa shape index (κ2) is 8.74. The van der Waals surface area contributed by atoms with Crippen LogP contribution in [0.5, 0.6) is 11.5 Å². The largest absolute Gasteiger partial charge is 0.453 e. The number of nitrogen functional groups attached to an aromatic ring is 1. The number of hydrogen-bond donors (Lipinski definition) is 3. The number of H-pyrrole nitrogens is 1. The van der Waals surface area contributed by atoms with Gasteiger partial charge in [-0.25, -0.2) is 4.39 Å². The number of nitrogens with one attached hydrogen (secondary N) is 2. The van der Waals surface area contributed by atoms with Crippen molar-refractivity contribution in [1.29, 1.82) is 0 Å². The van der Waals surface area contributed by atoms with Crippen LogP contribution in [0.3, 0.4) is 0 Å². The van der Waals surface area contributed by atoms with Crippen molar-refractivity contribution in [3.05, 3.63) is 80.4 Å². The molecule has 0 aliphatic heterocycles. The molecule has 6 nitrogen and oxygen atoms in total. The SMILES string of the molecule is Nc1cc(Cl)cc(Oc2c(Cl)ccc(CNC(=O)c3[nH]c4cnccc4c3Br)c2F)c1. The molecule has 4 aromatic rings. The molecule has 4 rings (SSSR count). The van der Waals surface area contributed by atoms with Crippen molar-refractivity contribution in [2.45, 2.75) is 6.54 Å². The first kappa shape index (κ1) is 21.4. The molecule has 2 heterocycles. The summed E-state index contributed by atoms with van der Waals surface area (Å²) >= 11 is 15.5. The number of fused-ring (bicyclic) bond motifs is 1. The van der Waals surface area contributed by atoms with Gasteiger partial charge < -0.3 is 20.8 Å². The second-order valence-electron chi connectivity index (χ2n) is 6.59. The summed E-state index contributed by atoms with van der Waals surface area (Å²) in [4.78, 5) is 19.6. The normalized spacial score (nSPS) is 11.0. The van der Waals surface area contributed by atoms with E-state index in [0.29, 0.717) is 26.4 Å². The predicted octanol–water partition coefficient (Wildman–Crippen LogP) is 6.08. The van der Waals surface area contributed by atoms with Crippen LogP contribution in [0.15, 0.2) is 53.3 Å². The van der Waals surface area contributed by atoms with Gasteiger partial charge >= 0.3 is 0 Å². The number of nitrogens with two attached hydrogens (primary N) is 1. The van der Waals surface area contributed by atoms with Crippen LogP contribution in [-0.4, -0.2) is 15.9 Å². The molecule has 0 spiro atoms. The van der Waals surface area contributed by atoms with Gasteiger partial charge in [-0.05, 0) is 40.2 Å². The Hall–Kier alpha value is -2.81. The van der Waals surface area contributed by atoms with Gasteiger partial charge in [-0.15, -0.1) is 0 Å². The molecule has 0 unspecified atom stereocenters. The minimum Gasteiger partial charge on any atom is -0.453 e. The number of hydrogen-bond acceptors (Lipinski definition) is 4. The van der Waals surface area contributed by atoms with Gasteiger partial charge in [0.15, 0.2) is 11.6 Å². The third kappa shape index (κ3) is 4.46. The van der Waals surface area contributed by atoms with E-state index >= 15 is 4.39 Å². The fourth-order valence-electron chi connectivity index (χ4n) is 2.99. The number of amides is 1. The number of pyridine rings is 1. The predicted molar refractivity (Wildman–Crippen MR) is 122 cm³/mol. The average molecular weight is 524 g/mol. The Balaban J connectivity index is 1.55. The van der Waals surface area contributed by atoms with Gasteiger partial charge in [0.2, 0.25) is 0 Å². The lowest BCUT2D eigenvalue weighted by Crippen LogP contribution is -2.24. The molecule has 0 radical (unpaired) electrons. The van der Waals surface area contributed by atoms with Crippen LogP contribution >= 0.6 is 39.1 Å². The van der Waals surface area contributed by atoms with Crippen LogP contribution in [0, 0.1) is 5.82 Å². The number of aromatic amines is 1. The Bertz CT molecular complexity index is 1290. The molecule has 31 heavy (non-hydrogen) atoms. The van der Waals surface area contributed by atoms with Crippen molar-refractivity contribution in [2.24, 2.45) is 0 Å². The zero-order chi connectivity index (χ0) is 22.1. The Labute approximate surface area is 194 Å². The lowest BCUT2D eigenvalue weighted by atomic mass is 10.2. The smallest absolute Gasteiger partial charge is 0.269 e. The van der Waals surface area contributed by atoms with E-state index < -0.39 is 11.7 Å². The molecule has 10 heteroatoms. The number of rotatable bonds is 5. The minimum absolute atomic E-state index is 0.0667. The maximum atomic E-state index is 15.1. The zero-order valence-corrected chi connectivity index (χ0v) is 18.8. The Kier molecular flexibility index (Phi) is 6.04. The number of benzene rings is 2. The third-order valence-electron chi connectivity index (χ3n) is 4.45. The first-order chi connectivity index (χ1) is 14.8. The summed E-state index contributed by atoms with van der Waals surface area (Å²) < 4.78 is 21.3. The molecule has 0 bridgehead atoms. The monoisotopic (exact) mass is 522 g/mol. The van der Waals surface area contributed by atoms with E-state index in [9.17, 15) is 4.79 Å². The quantitative estimate of drug-likeness (QED) is 0.276. The van der Waals surface area contributed by atoms with E-state index in [1.54, 1.807) is 18.5 Å². The molecule has 0 atom stereocenters. The van der Waals surface area contributed by atoms with Crippen molar-refractivity contribution >= 4 is 61.6 Å². The number of aromatic nitrogens is 2. The van der Waals surface area contributed by atoms with Crippen LogP contribution in [0.4, 0.5) is 10.1 Å². The first-order valence-corrected chi connectivity index (χ1v) is 10.5. The molecule has 0 saturated heterocycles. The van der Waals surface area contributed by atoms with Crippen molar-refractivity contribution in [3.8, 4) is 11.5 Å². The highest BCUT2D eigenvalue weighted by Gasteiger charge is 2.19. The second-order valence-corrected chi connectivity index (χ2v) is 8.23. The molecular weight excluding hydrogens is 510 g/mol. The maximum Gasteiger partial charge on any atom is 0.269 e. The topological polar surface area (TPSA) is 93.0 Å². The van der Waals surface area contributed by atoms with Crippen LogP contribution in [0.1, 0.15) is 16.1 Å². The Morgan fingerprint density at radius 1 is 1.26 bits per heavy atom. The maximum absolute atomic E-state index is 15.1. The Morgan fingerprint density at radius 3 is 2.81 bits per heavy atom. The molecule has 0 aliphatic carbocycles. The van der Waals surface area contributed by atoms with Gasteiger partial charge in [-0.1, -0.05) is 29.3 Å². The number of carbonyl (C=O) groups excluding carboxylic acids is 1. The van der Waals surface area contributed by atoms with Gasteiger partial charge in [0.1, 0.15) is 11.4 Å². The highest BCUT2D eigenvalue weighted by molar-refractivity contribution is 9.10. The van der Waals surface area contributed by atoms with Crippen molar-refractivity contribution in [1.82, 2.24) is 15.3 Å². The molecule has 0 fully saturated rings. The summed E-state index contributed by atoms with van der Waals surface area (Å²) in [6.07, 6.45) is 3.24. The molecule has 2 aromatic heterocycles. The summed E-state index contributed by atoms with van der Waals surface area (Å²) in [7, 11) is 0. The van der Waals surface area contributed by atoms with Crippen LogP contribution in [-0.2, 0) is 6.54 Å².